The summed E-state index contributed by atoms with van der Waals surface area (Å²) in [6.07, 6.45) is 2.86. The second-order valence-corrected chi connectivity index (χ2v) is 4.65. The van der Waals surface area contributed by atoms with E-state index in [1.807, 2.05) is 28.8 Å². The van der Waals surface area contributed by atoms with Gasteiger partial charge < -0.3 is 4.74 Å². The maximum Gasteiger partial charge on any atom is 0.229 e. The van der Waals surface area contributed by atoms with Crippen LogP contribution in [0.2, 0.25) is 5.28 Å². The second kappa shape index (κ2) is 6.57. The minimum atomic E-state index is 0.394. The Labute approximate surface area is 118 Å². The number of hydrogen-bond acceptors (Lipinski definition) is 3. The summed E-state index contributed by atoms with van der Waals surface area (Å²) in [6, 6.07) is 7.83. The van der Waals surface area contributed by atoms with Crippen LogP contribution in [0.5, 0.6) is 5.75 Å². The van der Waals surface area contributed by atoms with Gasteiger partial charge in [0, 0.05) is 6.42 Å². The molecule has 0 aliphatic rings. The highest BCUT2D eigenvalue weighted by Gasteiger charge is 2.11. The lowest BCUT2D eigenvalue weighted by molar-refractivity contribution is 0.317. The van der Waals surface area contributed by atoms with Crippen LogP contribution in [0, 0.1) is 0 Å². The molecule has 1 heterocycles. The average molecular weight is 280 g/mol. The molecule has 0 fully saturated rings. The van der Waals surface area contributed by atoms with Gasteiger partial charge in [0.1, 0.15) is 11.6 Å². The van der Waals surface area contributed by atoms with Crippen LogP contribution in [-0.2, 0) is 6.42 Å². The van der Waals surface area contributed by atoms with Crippen LogP contribution in [0.15, 0.2) is 24.3 Å². The molecule has 0 saturated heterocycles. The molecule has 0 atom stereocenters. The van der Waals surface area contributed by atoms with Gasteiger partial charge in [-0.3, -0.25) is 4.57 Å². The summed E-state index contributed by atoms with van der Waals surface area (Å²) < 4.78 is 7.43. The topological polar surface area (TPSA) is 39.9 Å². The van der Waals surface area contributed by atoms with Crippen LogP contribution < -0.4 is 4.74 Å². The van der Waals surface area contributed by atoms with Crippen molar-refractivity contribution in [2.75, 3.05) is 6.61 Å². The number of ether oxygens (including phenoxy) is 1. The fourth-order valence-electron chi connectivity index (χ4n) is 1.85. The van der Waals surface area contributed by atoms with Gasteiger partial charge in [-0.25, -0.2) is 0 Å². The maximum atomic E-state index is 6.10. The summed E-state index contributed by atoms with van der Waals surface area (Å²) in [5, 5.41) is 8.43. The molecule has 5 heteroatoms. The van der Waals surface area contributed by atoms with Gasteiger partial charge >= 0.3 is 0 Å². The number of halogens is 1. The minimum absolute atomic E-state index is 0.394. The highest BCUT2D eigenvalue weighted by molar-refractivity contribution is 6.28. The second-order valence-electron chi connectivity index (χ2n) is 4.31. The lowest BCUT2D eigenvalue weighted by Gasteiger charge is -2.09. The van der Waals surface area contributed by atoms with Crippen LogP contribution in [0.25, 0.3) is 5.69 Å². The number of benzene rings is 1. The van der Waals surface area contributed by atoms with Gasteiger partial charge in [-0.1, -0.05) is 13.8 Å². The molecule has 1 aromatic carbocycles. The largest absolute Gasteiger partial charge is 0.494 e. The normalized spacial score (nSPS) is 10.7. The van der Waals surface area contributed by atoms with E-state index >= 15 is 0 Å². The zero-order valence-corrected chi connectivity index (χ0v) is 12.0. The monoisotopic (exact) mass is 279 g/mol. The van der Waals surface area contributed by atoms with E-state index in [2.05, 4.69) is 24.0 Å². The average Bonchev–Trinajstić information content (AvgIpc) is 2.79. The van der Waals surface area contributed by atoms with E-state index in [1.165, 1.54) is 0 Å². The summed E-state index contributed by atoms with van der Waals surface area (Å²) in [5.74, 6) is 1.75. The minimum Gasteiger partial charge on any atom is -0.494 e. The van der Waals surface area contributed by atoms with Gasteiger partial charge in [0.25, 0.3) is 0 Å². The van der Waals surface area contributed by atoms with Crippen molar-refractivity contribution >= 4 is 11.6 Å². The molecule has 0 spiro atoms. The van der Waals surface area contributed by atoms with E-state index < -0.39 is 0 Å². The summed E-state index contributed by atoms with van der Waals surface area (Å²) in [7, 11) is 0. The predicted octanol–water partition coefficient (Wildman–Crippen LogP) is 3.66. The Bertz CT molecular complexity index is 522. The quantitative estimate of drug-likeness (QED) is 0.810. The third-order valence-corrected chi connectivity index (χ3v) is 2.98. The molecular weight excluding hydrogens is 262 g/mol. The summed E-state index contributed by atoms with van der Waals surface area (Å²) >= 11 is 6.10. The van der Waals surface area contributed by atoms with Crippen molar-refractivity contribution in [2.24, 2.45) is 0 Å². The Kier molecular flexibility index (Phi) is 4.80. The van der Waals surface area contributed by atoms with Gasteiger partial charge in [-0.05, 0) is 48.7 Å². The van der Waals surface area contributed by atoms with E-state index in [9.17, 15) is 0 Å². The third-order valence-electron chi connectivity index (χ3n) is 2.73. The number of rotatable bonds is 6. The van der Waals surface area contributed by atoms with Crippen molar-refractivity contribution in [1.29, 1.82) is 0 Å². The molecule has 2 aromatic rings. The molecule has 0 aliphatic carbocycles. The summed E-state index contributed by atoms with van der Waals surface area (Å²) in [4.78, 5) is 0. The molecule has 0 aliphatic heterocycles. The molecule has 0 bridgehead atoms. The first kappa shape index (κ1) is 13.9. The van der Waals surface area contributed by atoms with Crippen LogP contribution in [0.3, 0.4) is 0 Å². The Morgan fingerprint density at radius 3 is 2.47 bits per heavy atom. The smallest absolute Gasteiger partial charge is 0.229 e. The number of nitrogens with zero attached hydrogens (tertiary/aromatic N) is 3. The Morgan fingerprint density at radius 2 is 1.84 bits per heavy atom. The van der Waals surface area contributed by atoms with Crippen molar-refractivity contribution in [1.82, 2.24) is 14.8 Å². The Hall–Kier alpha value is -1.55. The zero-order chi connectivity index (χ0) is 13.7. The highest BCUT2D eigenvalue weighted by Crippen LogP contribution is 2.21. The van der Waals surface area contributed by atoms with Crippen LogP contribution in [0.4, 0.5) is 0 Å². The third kappa shape index (κ3) is 3.26. The summed E-state index contributed by atoms with van der Waals surface area (Å²) in [6.45, 7) is 4.92. The lowest BCUT2D eigenvalue weighted by Crippen LogP contribution is -2.01. The molecule has 19 heavy (non-hydrogen) atoms. The van der Waals surface area contributed by atoms with Gasteiger partial charge in [-0.2, -0.15) is 0 Å². The molecule has 0 amide bonds. The molecule has 0 radical (unpaired) electrons. The Morgan fingerprint density at radius 1 is 1.11 bits per heavy atom. The van der Waals surface area contributed by atoms with Gasteiger partial charge in [0.15, 0.2) is 0 Å². The highest BCUT2D eigenvalue weighted by atomic mass is 35.5. The van der Waals surface area contributed by atoms with Crippen LogP contribution in [-0.4, -0.2) is 21.4 Å². The number of hydrogen-bond donors (Lipinski definition) is 0. The first-order valence-electron chi connectivity index (χ1n) is 6.59. The maximum absolute atomic E-state index is 6.10. The van der Waals surface area contributed by atoms with Crippen LogP contribution >= 0.6 is 11.6 Å². The molecule has 0 saturated carbocycles. The molecule has 4 nitrogen and oxygen atoms in total. The molecule has 1 aromatic heterocycles. The number of aryl methyl sites for hydroxylation is 1. The van der Waals surface area contributed by atoms with Gasteiger partial charge in [-0.15, -0.1) is 10.2 Å². The fourth-order valence-corrected chi connectivity index (χ4v) is 2.08. The van der Waals surface area contributed by atoms with E-state index in [4.69, 9.17) is 16.3 Å². The van der Waals surface area contributed by atoms with Crippen molar-refractivity contribution < 1.29 is 4.74 Å². The van der Waals surface area contributed by atoms with E-state index in [0.29, 0.717) is 5.28 Å². The summed E-state index contributed by atoms with van der Waals surface area (Å²) in [5.41, 5.74) is 0.960. The van der Waals surface area contributed by atoms with Crippen molar-refractivity contribution in [3.63, 3.8) is 0 Å². The molecule has 2 rings (SSSR count). The van der Waals surface area contributed by atoms with Gasteiger partial charge in [0.05, 0.1) is 12.3 Å². The van der Waals surface area contributed by atoms with Crippen LogP contribution in [0.1, 0.15) is 32.5 Å². The number of aromatic nitrogens is 3. The SMILES string of the molecule is CCCOc1ccc(-n2c(Cl)nnc2CCC)cc1. The van der Waals surface area contributed by atoms with E-state index in [1.54, 1.807) is 0 Å². The first-order valence-corrected chi connectivity index (χ1v) is 6.97. The molecule has 102 valence electrons. The standard InChI is InChI=1S/C14H18ClN3O/c1-3-5-13-16-17-14(15)18(13)11-6-8-12(9-7-11)19-10-4-2/h6-9H,3-5,10H2,1-2H3. The fraction of sp³-hybridized carbons (Fsp3) is 0.429. The molecule has 0 N–H and O–H groups in total. The lowest BCUT2D eigenvalue weighted by atomic mass is 10.2. The Balaban J connectivity index is 2.24. The predicted molar refractivity (Wildman–Crippen MR) is 76.2 cm³/mol. The zero-order valence-electron chi connectivity index (χ0n) is 11.3. The van der Waals surface area contributed by atoms with Gasteiger partial charge in [0.2, 0.25) is 5.28 Å². The van der Waals surface area contributed by atoms with E-state index in [0.717, 1.165) is 43.1 Å². The molecule has 0 unspecified atom stereocenters. The molecular formula is C14H18ClN3O. The van der Waals surface area contributed by atoms with Crippen molar-refractivity contribution in [2.45, 2.75) is 33.1 Å². The van der Waals surface area contributed by atoms with Crippen molar-refractivity contribution in [3.05, 3.63) is 35.4 Å². The van der Waals surface area contributed by atoms with E-state index in [-0.39, 0.29) is 0 Å². The first-order chi connectivity index (χ1) is 9.26. The van der Waals surface area contributed by atoms with Crippen molar-refractivity contribution in [3.8, 4) is 11.4 Å².